The van der Waals surface area contributed by atoms with Crippen molar-refractivity contribution in [3.63, 3.8) is 0 Å². The summed E-state index contributed by atoms with van der Waals surface area (Å²) in [6, 6.07) is 8.29. The maximum atomic E-state index is 5.40. The Kier molecular flexibility index (Phi) is 5.33. The van der Waals surface area contributed by atoms with Crippen molar-refractivity contribution in [2.24, 2.45) is 5.92 Å². The Labute approximate surface area is 99.0 Å². The van der Waals surface area contributed by atoms with Gasteiger partial charge in [-0.2, -0.15) is 0 Å². The van der Waals surface area contributed by atoms with Gasteiger partial charge in [-0.15, -0.1) is 0 Å². The lowest BCUT2D eigenvalue weighted by atomic mass is 9.88. The van der Waals surface area contributed by atoms with E-state index in [0.29, 0.717) is 11.8 Å². The van der Waals surface area contributed by atoms with E-state index in [2.05, 4.69) is 38.2 Å². The third-order valence-corrected chi connectivity index (χ3v) is 3.20. The molecule has 0 aliphatic rings. The van der Waals surface area contributed by atoms with Crippen LogP contribution in [0.15, 0.2) is 24.3 Å². The van der Waals surface area contributed by atoms with Gasteiger partial charge in [-0.3, -0.25) is 0 Å². The van der Waals surface area contributed by atoms with Crippen molar-refractivity contribution < 1.29 is 4.74 Å². The number of benzene rings is 1. The second kappa shape index (κ2) is 6.54. The van der Waals surface area contributed by atoms with E-state index >= 15 is 0 Å². The third kappa shape index (κ3) is 3.24. The molecule has 0 saturated carbocycles. The molecule has 0 saturated heterocycles. The molecule has 90 valence electrons. The molecule has 1 aromatic rings. The zero-order valence-corrected chi connectivity index (χ0v) is 10.8. The lowest BCUT2D eigenvalue weighted by Crippen LogP contribution is -2.24. The van der Waals surface area contributed by atoms with Crippen molar-refractivity contribution in [1.29, 1.82) is 0 Å². The average Bonchev–Trinajstić information content (AvgIpc) is 2.34. The maximum Gasteiger partial charge on any atom is 0.122 e. The van der Waals surface area contributed by atoms with Gasteiger partial charge in [0.05, 0.1) is 7.11 Å². The van der Waals surface area contributed by atoms with Gasteiger partial charge in [-0.25, -0.2) is 0 Å². The van der Waals surface area contributed by atoms with Crippen molar-refractivity contribution in [2.75, 3.05) is 20.2 Å². The molecule has 0 aliphatic carbocycles. The van der Waals surface area contributed by atoms with Gasteiger partial charge in [0.15, 0.2) is 0 Å². The first-order valence-corrected chi connectivity index (χ1v) is 6.04. The summed E-state index contributed by atoms with van der Waals surface area (Å²) in [6.45, 7) is 8.76. The minimum atomic E-state index is 0.509. The minimum Gasteiger partial charge on any atom is -0.496 e. The summed E-state index contributed by atoms with van der Waals surface area (Å²) in [5.41, 5.74) is 1.30. The molecule has 0 radical (unpaired) electrons. The number of hydrogen-bond acceptors (Lipinski definition) is 2. The highest BCUT2D eigenvalue weighted by Gasteiger charge is 2.17. The van der Waals surface area contributed by atoms with Crippen molar-refractivity contribution in [2.45, 2.75) is 26.7 Å². The topological polar surface area (TPSA) is 21.3 Å². The molecule has 0 heterocycles. The molecule has 0 aliphatic heterocycles. The Morgan fingerprint density at radius 3 is 2.56 bits per heavy atom. The van der Waals surface area contributed by atoms with Crippen LogP contribution in [0, 0.1) is 5.92 Å². The van der Waals surface area contributed by atoms with E-state index in [1.54, 1.807) is 7.11 Å². The van der Waals surface area contributed by atoms with Crippen LogP contribution in [-0.2, 0) is 0 Å². The van der Waals surface area contributed by atoms with Crippen LogP contribution in [0.3, 0.4) is 0 Å². The standard InChI is InChI=1S/C14H23NO/c1-5-15-10-11(2)12(3)13-8-6-7-9-14(13)16-4/h6-9,11-12,15H,5,10H2,1-4H3. The summed E-state index contributed by atoms with van der Waals surface area (Å²) >= 11 is 0. The molecule has 16 heavy (non-hydrogen) atoms. The molecule has 2 unspecified atom stereocenters. The van der Waals surface area contributed by atoms with Crippen LogP contribution in [0.5, 0.6) is 5.75 Å². The van der Waals surface area contributed by atoms with Gasteiger partial charge < -0.3 is 10.1 Å². The Balaban J connectivity index is 2.74. The largest absolute Gasteiger partial charge is 0.496 e. The first-order chi connectivity index (χ1) is 7.70. The molecule has 0 fully saturated rings. The van der Waals surface area contributed by atoms with E-state index in [0.717, 1.165) is 18.8 Å². The van der Waals surface area contributed by atoms with Crippen LogP contribution in [0.4, 0.5) is 0 Å². The van der Waals surface area contributed by atoms with Crippen LogP contribution in [0.25, 0.3) is 0 Å². The van der Waals surface area contributed by atoms with Crippen LogP contribution in [0.1, 0.15) is 32.3 Å². The molecule has 1 N–H and O–H groups in total. The monoisotopic (exact) mass is 221 g/mol. The van der Waals surface area contributed by atoms with Crippen LogP contribution < -0.4 is 10.1 Å². The normalized spacial score (nSPS) is 14.5. The number of rotatable bonds is 6. The fourth-order valence-corrected chi connectivity index (χ4v) is 1.90. The molecule has 0 amide bonds. The second-order valence-corrected chi connectivity index (χ2v) is 4.32. The lowest BCUT2D eigenvalue weighted by molar-refractivity contribution is 0.390. The highest BCUT2D eigenvalue weighted by atomic mass is 16.5. The van der Waals surface area contributed by atoms with Crippen molar-refractivity contribution in [3.8, 4) is 5.75 Å². The predicted molar refractivity (Wildman–Crippen MR) is 69.1 cm³/mol. The fraction of sp³-hybridized carbons (Fsp3) is 0.571. The number of hydrogen-bond donors (Lipinski definition) is 1. The van der Waals surface area contributed by atoms with E-state index in [1.807, 2.05) is 12.1 Å². The highest BCUT2D eigenvalue weighted by Crippen LogP contribution is 2.30. The molecule has 2 atom stereocenters. The molecular weight excluding hydrogens is 198 g/mol. The van der Waals surface area contributed by atoms with Crippen LogP contribution in [-0.4, -0.2) is 20.2 Å². The molecule has 1 rings (SSSR count). The number of ether oxygens (including phenoxy) is 1. The Hall–Kier alpha value is -1.02. The van der Waals surface area contributed by atoms with Gasteiger partial charge in [0.1, 0.15) is 5.75 Å². The van der Waals surface area contributed by atoms with Crippen molar-refractivity contribution in [3.05, 3.63) is 29.8 Å². The summed E-state index contributed by atoms with van der Waals surface area (Å²) in [6.07, 6.45) is 0. The van der Waals surface area contributed by atoms with E-state index in [1.165, 1.54) is 5.56 Å². The second-order valence-electron chi connectivity index (χ2n) is 4.32. The molecule has 0 aromatic heterocycles. The minimum absolute atomic E-state index is 0.509. The molecule has 0 bridgehead atoms. The maximum absolute atomic E-state index is 5.40. The average molecular weight is 221 g/mol. The smallest absolute Gasteiger partial charge is 0.122 e. The Bertz CT molecular complexity index is 311. The van der Waals surface area contributed by atoms with Gasteiger partial charge in [0.2, 0.25) is 0 Å². The van der Waals surface area contributed by atoms with Crippen LogP contribution >= 0.6 is 0 Å². The molecule has 0 spiro atoms. The predicted octanol–water partition coefficient (Wildman–Crippen LogP) is 3.04. The Morgan fingerprint density at radius 2 is 1.94 bits per heavy atom. The fourth-order valence-electron chi connectivity index (χ4n) is 1.90. The first-order valence-electron chi connectivity index (χ1n) is 6.04. The number of para-hydroxylation sites is 1. The molecular formula is C14H23NO. The quantitative estimate of drug-likeness (QED) is 0.797. The van der Waals surface area contributed by atoms with Crippen molar-refractivity contribution >= 4 is 0 Å². The summed E-state index contributed by atoms with van der Waals surface area (Å²) < 4.78 is 5.40. The Morgan fingerprint density at radius 1 is 1.25 bits per heavy atom. The van der Waals surface area contributed by atoms with Gasteiger partial charge in [-0.05, 0) is 36.6 Å². The van der Waals surface area contributed by atoms with E-state index in [9.17, 15) is 0 Å². The number of methoxy groups -OCH3 is 1. The van der Waals surface area contributed by atoms with Gasteiger partial charge >= 0.3 is 0 Å². The van der Waals surface area contributed by atoms with Gasteiger partial charge in [-0.1, -0.05) is 39.0 Å². The summed E-state index contributed by atoms with van der Waals surface area (Å²) in [5, 5.41) is 3.40. The highest BCUT2D eigenvalue weighted by molar-refractivity contribution is 5.36. The third-order valence-electron chi connectivity index (χ3n) is 3.20. The number of nitrogens with one attached hydrogen (secondary N) is 1. The molecule has 2 heteroatoms. The molecule has 2 nitrogen and oxygen atoms in total. The first kappa shape index (κ1) is 13.0. The summed E-state index contributed by atoms with van der Waals surface area (Å²) in [5.74, 6) is 2.12. The van der Waals surface area contributed by atoms with E-state index < -0.39 is 0 Å². The zero-order valence-electron chi connectivity index (χ0n) is 10.8. The van der Waals surface area contributed by atoms with Gasteiger partial charge in [0, 0.05) is 0 Å². The summed E-state index contributed by atoms with van der Waals surface area (Å²) in [7, 11) is 1.74. The van der Waals surface area contributed by atoms with E-state index in [-0.39, 0.29) is 0 Å². The van der Waals surface area contributed by atoms with Gasteiger partial charge in [0.25, 0.3) is 0 Å². The SMILES string of the molecule is CCNCC(C)C(C)c1ccccc1OC. The van der Waals surface area contributed by atoms with E-state index in [4.69, 9.17) is 4.74 Å². The van der Waals surface area contributed by atoms with Crippen LogP contribution in [0.2, 0.25) is 0 Å². The molecule has 1 aromatic carbocycles. The van der Waals surface area contributed by atoms with Crippen molar-refractivity contribution in [1.82, 2.24) is 5.32 Å². The zero-order chi connectivity index (χ0) is 12.0. The summed E-state index contributed by atoms with van der Waals surface area (Å²) in [4.78, 5) is 0. The lowest BCUT2D eigenvalue weighted by Gasteiger charge is -2.22.